The van der Waals surface area contributed by atoms with Crippen LogP contribution in [0.25, 0.3) is 0 Å². The van der Waals surface area contributed by atoms with Crippen LogP contribution in [-0.2, 0) is 14.8 Å². The molecule has 1 fully saturated rings. The van der Waals surface area contributed by atoms with Crippen LogP contribution in [0.4, 0.5) is 11.4 Å². The third-order valence-electron chi connectivity index (χ3n) is 5.94. The van der Waals surface area contributed by atoms with Gasteiger partial charge in [0.05, 0.1) is 11.5 Å². The highest BCUT2D eigenvalue weighted by Crippen LogP contribution is 2.26. The van der Waals surface area contributed by atoms with Gasteiger partial charge in [0, 0.05) is 23.5 Å². The summed E-state index contributed by atoms with van der Waals surface area (Å²) in [5.41, 5.74) is 1.55. The summed E-state index contributed by atoms with van der Waals surface area (Å²) < 4.78 is 33.0. The summed E-state index contributed by atoms with van der Waals surface area (Å²) in [5.74, 6) is 0.0499. The van der Waals surface area contributed by atoms with Crippen molar-refractivity contribution >= 4 is 33.2 Å². The number of hydrogen-bond donors (Lipinski definition) is 2. The monoisotopic (exact) mass is 507 g/mol. The second-order valence-electron chi connectivity index (χ2n) is 8.42. The maximum atomic E-state index is 13.2. The lowest BCUT2D eigenvalue weighted by atomic mass is 10.0. The normalized spacial score (nSPS) is 16.2. The number of benzene rings is 3. The van der Waals surface area contributed by atoms with Crippen molar-refractivity contribution in [3.63, 3.8) is 0 Å². The highest BCUT2D eigenvalue weighted by molar-refractivity contribution is 7.89. The fourth-order valence-electron chi connectivity index (χ4n) is 4.12. The number of nitrogens with one attached hydrogen (secondary N) is 2. The molecular weight excluding hydrogens is 478 g/mol. The number of sulfonamides is 1. The Morgan fingerprint density at radius 1 is 0.889 bits per heavy atom. The van der Waals surface area contributed by atoms with E-state index >= 15 is 0 Å². The average molecular weight is 508 g/mol. The van der Waals surface area contributed by atoms with Crippen molar-refractivity contribution < 1.29 is 22.7 Å². The molecule has 0 unspecified atom stereocenters. The number of hydrogen-bond acceptors (Lipinski definition) is 5. The van der Waals surface area contributed by atoms with E-state index in [2.05, 4.69) is 10.6 Å². The number of piperidine rings is 1. The highest BCUT2D eigenvalue weighted by Gasteiger charge is 2.37. The van der Waals surface area contributed by atoms with Gasteiger partial charge in [0.2, 0.25) is 15.9 Å². The molecule has 2 amide bonds. The summed E-state index contributed by atoms with van der Waals surface area (Å²) in [6.07, 6.45) is 1.91. The van der Waals surface area contributed by atoms with E-state index in [0.717, 1.165) is 12.2 Å². The van der Waals surface area contributed by atoms with Gasteiger partial charge >= 0.3 is 0 Å². The molecule has 0 bridgehead atoms. The number of amides is 2. The molecule has 1 aliphatic heterocycles. The molecule has 9 heteroatoms. The molecular formula is C27H29N3O5S. The zero-order valence-corrected chi connectivity index (χ0v) is 20.8. The molecule has 0 aliphatic carbocycles. The minimum Gasteiger partial charge on any atom is -0.494 e. The summed E-state index contributed by atoms with van der Waals surface area (Å²) in [6, 6.07) is 20.9. The zero-order chi connectivity index (χ0) is 25.5. The Morgan fingerprint density at radius 2 is 1.53 bits per heavy atom. The molecule has 1 atom stereocenters. The fourth-order valence-corrected chi connectivity index (χ4v) is 5.79. The fraction of sp³-hybridized carbons (Fsp3) is 0.259. The predicted octanol–water partition coefficient (Wildman–Crippen LogP) is 4.52. The number of nitrogens with zero attached hydrogens (tertiary/aromatic N) is 1. The Kier molecular flexibility index (Phi) is 8.02. The molecule has 3 aromatic rings. The van der Waals surface area contributed by atoms with Crippen LogP contribution in [0, 0.1) is 0 Å². The van der Waals surface area contributed by atoms with Gasteiger partial charge in [-0.1, -0.05) is 24.6 Å². The van der Waals surface area contributed by atoms with Crippen LogP contribution >= 0.6 is 0 Å². The van der Waals surface area contributed by atoms with Gasteiger partial charge in [-0.05, 0) is 80.4 Å². The first kappa shape index (κ1) is 25.4. The number of carbonyl (C=O) groups is 2. The molecule has 0 spiro atoms. The van der Waals surface area contributed by atoms with E-state index in [9.17, 15) is 18.0 Å². The minimum atomic E-state index is -3.79. The Hall–Kier alpha value is -3.69. The Labute approximate surface area is 211 Å². The lowest BCUT2D eigenvalue weighted by Crippen LogP contribution is -2.49. The van der Waals surface area contributed by atoms with Gasteiger partial charge in [-0.2, -0.15) is 4.31 Å². The molecule has 0 saturated carbocycles. The maximum absolute atomic E-state index is 13.2. The van der Waals surface area contributed by atoms with Crippen molar-refractivity contribution in [1.82, 2.24) is 4.31 Å². The van der Waals surface area contributed by atoms with Gasteiger partial charge in [-0.25, -0.2) is 8.42 Å². The summed E-state index contributed by atoms with van der Waals surface area (Å²) in [5, 5.41) is 5.63. The number of rotatable bonds is 8. The quantitative estimate of drug-likeness (QED) is 0.467. The summed E-state index contributed by atoms with van der Waals surface area (Å²) in [7, 11) is -3.79. The number of carbonyl (C=O) groups excluding carboxylic acids is 2. The van der Waals surface area contributed by atoms with Crippen molar-refractivity contribution in [2.75, 3.05) is 23.8 Å². The van der Waals surface area contributed by atoms with Crippen molar-refractivity contribution in [2.45, 2.75) is 37.1 Å². The minimum absolute atomic E-state index is 0.174. The highest BCUT2D eigenvalue weighted by atomic mass is 32.2. The van der Waals surface area contributed by atoms with Crippen LogP contribution in [0.3, 0.4) is 0 Å². The smallest absolute Gasteiger partial charge is 0.255 e. The Morgan fingerprint density at radius 3 is 2.19 bits per heavy atom. The summed E-state index contributed by atoms with van der Waals surface area (Å²) in [4.78, 5) is 25.8. The predicted molar refractivity (Wildman–Crippen MR) is 139 cm³/mol. The molecule has 4 rings (SSSR count). The lowest BCUT2D eigenvalue weighted by Gasteiger charge is -2.33. The Bertz CT molecular complexity index is 1290. The van der Waals surface area contributed by atoms with E-state index in [0.29, 0.717) is 42.9 Å². The first-order valence-electron chi connectivity index (χ1n) is 11.9. The van der Waals surface area contributed by atoms with Gasteiger partial charge in [0.1, 0.15) is 11.8 Å². The molecule has 36 heavy (non-hydrogen) atoms. The second kappa shape index (κ2) is 11.4. The van der Waals surface area contributed by atoms with Crippen LogP contribution in [0.1, 0.15) is 36.5 Å². The number of anilines is 2. The van der Waals surface area contributed by atoms with Gasteiger partial charge in [-0.15, -0.1) is 0 Å². The molecule has 1 saturated heterocycles. The van der Waals surface area contributed by atoms with Gasteiger partial charge in [0.25, 0.3) is 5.91 Å². The summed E-state index contributed by atoms with van der Waals surface area (Å²) >= 11 is 0. The van der Waals surface area contributed by atoms with Gasteiger partial charge in [0.15, 0.2) is 0 Å². The third-order valence-corrected chi connectivity index (χ3v) is 7.87. The Balaban J connectivity index is 1.41. The third kappa shape index (κ3) is 5.92. The standard InChI is InChI=1S/C27H29N3O5S/c1-2-35-23-17-15-22(16-18-23)28-26(31)20-11-13-21(14-12-20)29-27(32)25-10-6-7-19-30(25)36(33,34)24-8-4-3-5-9-24/h3-5,8-9,11-18,25H,2,6-7,10,19H2,1H3,(H,28,31)(H,29,32)/t25-/m1/s1. The average Bonchev–Trinajstić information content (AvgIpc) is 2.91. The topological polar surface area (TPSA) is 105 Å². The molecule has 0 aromatic heterocycles. The van der Waals surface area contributed by atoms with Crippen LogP contribution in [0.5, 0.6) is 5.75 Å². The van der Waals surface area contributed by atoms with Crippen molar-refractivity contribution in [2.24, 2.45) is 0 Å². The van der Waals surface area contributed by atoms with Crippen molar-refractivity contribution in [3.05, 3.63) is 84.4 Å². The largest absolute Gasteiger partial charge is 0.494 e. The van der Waals surface area contributed by atoms with E-state index < -0.39 is 16.1 Å². The maximum Gasteiger partial charge on any atom is 0.255 e. The van der Waals surface area contributed by atoms with Crippen LogP contribution in [0.2, 0.25) is 0 Å². The molecule has 2 N–H and O–H groups in total. The second-order valence-corrected chi connectivity index (χ2v) is 10.3. The van der Waals surface area contributed by atoms with E-state index in [1.807, 2.05) is 6.92 Å². The van der Waals surface area contributed by atoms with E-state index in [1.54, 1.807) is 66.7 Å². The zero-order valence-electron chi connectivity index (χ0n) is 20.0. The van der Waals surface area contributed by atoms with Gasteiger partial charge < -0.3 is 15.4 Å². The molecule has 1 aliphatic rings. The van der Waals surface area contributed by atoms with Crippen molar-refractivity contribution in [3.8, 4) is 5.75 Å². The number of ether oxygens (including phenoxy) is 1. The first-order chi connectivity index (χ1) is 17.4. The van der Waals surface area contributed by atoms with E-state index in [-0.39, 0.29) is 16.7 Å². The van der Waals surface area contributed by atoms with Crippen LogP contribution in [-0.4, -0.2) is 43.7 Å². The SMILES string of the molecule is CCOc1ccc(NC(=O)c2ccc(NC(=O)[C@H]3CCCCN3S(=O)(=O)c3ccccc3)cc2)cc1. The molecule has 3 aromatic carbocycles. The summed E-state index contributed by atoms with van der Waals surface area (Å²) in [6.45, 7) is 2.76. The molecule has 0 radical (unpaired) electrons. The molecule has 1 heterocycles. The lowest BCUT2D eigenvalue weighted by molar-refractivity contribution is -0.120. The molecule has 188 valence electrons. The van der Waals surface area contributed by atoms with Gasteiger partial charge in [-0.3, -0.25) is 9.59 Å². The molecule has 8 nitrogen and oxygen atoms in total. The first-order valence-corrected chi connectivity index (χ1v) is 13.3. The van der Waals surface area contributed by atoms with Crippen LogP contribution < -0.4 is 15.4 Å². The van der Waals surface area contributed by atoms with E-state index in [4.69, 9.17) is 4.74 Å². The van der Waals surface area contributed by atoms with E-state index in [1.165, 1.54) is 16.4 Å². The van der Waals surface area contributed by atoms with Crippen LogP contribution in [0.15, 0.2) is 83.8 Å². The van der Waals surface area contributed by atoms with Crippen molar-refractivity contribution in [1.29, 1.82) is 0 Å².